The molecule has 0 heterocycles. The largest absolute Gasteiger partial charge is 0.294 e. The van der Waals surface area contributed by atoms with Crippen LogP contribution in [0.3, 0.4) is 0 Å². The smallest absolute Gasteiger partial charge is 0.282 e. The van der Waals surface area contributed by atoms with Crippen molar-refractivity contribution in [3.05, 3.63) is 29.8 Å². The fourth-order valence-corrected chi connectivity index (χ4v) is 1.45. The molecule has 0 amide bonds. The molecule has 0 fully saturated rings. The molecule has 0 saturated carbocycles. The van der Waals surface area contributed by atoms with Gasteiger partial charge in [-0.05, 0) is 18.2 Å². The Morgan fingerprint density at radius 2 is 2.14 bits per heavy atom. The lowest BCUT2D eigenvalue weighted by Gasteiger charge is -1.96. The SMILES string of the molecule is CCC#Cc1cccc(S(=O)(=O)O)c1. The summed E-state index contributed by atoms with van der Waals surface area (Å²) in [6, 6.07) is 5.91. The van der Waals surface area contributed by atoms with Crippen LogP contribution in [0.5, 0.6) is 0 Å². The third kappa shape index (κ3) is 2.87. The zero-order valence-corrected chi connectivity index (χ0v) is 8.50. The van der Waals surface area contributed by atoms with Crippen LogP contribution < -0.4 is 0 Å². The van der Waals surface area contributed by atoms with Crippen LogP contribution >= 0.6 is 0 Å². The molecule has 0 radical (unpaired) electrons. The molecule has 1 aromatic carbocycles. The molecule has 0 aliphatic heterocycles. The van der Waals surface area contributed by atoms with Gasteiger partial charge in [0.05, 0.1) is 4.90 Å². The molecular formula is C10H10O3S. The van der Waals surface area contributed by atoms with E-state index in [2.05, 4.69) is 11.8 Å². The van der Waals surface area contributed by atoms with Gasteiger partial charge < -0.3 is 0 Å². The Bertz CT molecular complexity index is 478. The molecule has 1 rings (SSSR count). The van der Waals surface area contributed by atoms with Gasteiger partial charge in [-0.3, -0.25) is 4.55 Å². The van der Waals surface area contributed by atoms with Crippen LogP contribution in [0, 0.1) is 11.8 Å². The van der Waals surface area contributed by atoms with Crippen molar-refractivity contribution in [2.45, 2.75) is 18.2 Å². The van der Waals surface area contributed by atoms with Crippen LogP contribution in [0.25, 0.3) is 0 Å². The number of benzene rings is 1. The van der Waals surface area contributed by atoms with Crippen LogP contribution in [0.1, 0.15) is 18.9 Å². The normalized spacial score (nSPS) is 10.4. The molecule has 0 saturated heterocycles. The maximum atomic E-state index is 10.8. The number of rotatable bonds is 1. The maximum absolute atomic E-state index is 10.8. The maximum Gasteiger partial charge on any atom is 0.294 e. The minimum Gasteiger partial charge on any atom is -0.282 e. The summed E-state index contributed by atoms with van der Waals surface area (Å²) in [5.41, 5.74) is 0.585. The fraction of sp³-hybridized carbons (Fsp3) is 0.200. The van der Waals surface area contributed by atoms with Gasteiger partial charge in [0, 0.05) is 12.0 Å². The molecule has 14 heavy (non-hydrogen) atoms. The van der Waals surface area contributed by atoms with Gasteiger partial charge in [0.1, 0.15) is 0 Å². The van der Waals surface area contributed by atoms with E-state index in [0.717, 1.165) is 0 Å². The van der Waals surface area contributed by atoms with Crippen molar-refractivity contribution in [2.75, 3.05) is 0 Å². The highest BCUT2D eigenvalue weighted by Crippen LogP contribution is 2.09. The zero-order chi connectivity index (χ0) is 10.6. The molecule has 0 aliphatic rings. The lowest BCUT2D eigenvalue weighted by Crippen LogP contribution is -1.97. The Morgan fingerprint density at radius 1 is 1.43 bits per heavy atom. The van der Waals surface area contributed by atoms with Gasteiger partial charge in [0.25, 0.3) is 10.1 Å². The van der Waals surface area contributed by atoms with Crippen LogP contribution in [-0.4, -0.2) is 13.0 Å². The first-order chi connectivity index (χ1) is 6.54. The molecule has 4 heteroatoms. The Morgan fingerprint density at radius 3 is 2.71 bits per heavy atom. The van der Waals surface area contributed by atoms with E-state index in [1.54, 1.807) is 12.1 Å². The van der Waals surface area contributed by atoms with Crippen molar-refractivity contribution >= 4 is 10.1 Å². The second-order valence-electron chi connectivity index (χ2n) is 2.66. The molecule has 1 aromatic rings. The van der Waals surface area contributed by atoms with E-state index in [-0.39, 0.29) is 4.90 Å². The predicted molar refractivity (Wildman–Crippen MR) is 53.4 cm³/mol. The Hall–Kier alpha value is -1.31. The highest BCUT2D eigenvalue weighted by molar-refractivity contribution is 7.85. The summed E-state index contributed by atoms with van der Waals surface area (Å²) in [4.78, 5) is -0.125. The lowest BCUT2D eigenvalue weighted by atomic mass is 10.2. The van der Waals surface area contributed by atoms with Gasteiger partial charge in [0.2, 0.25) is 0 Å². The summed E-state index contributed by atoms with van der Waals surface area (Å²) in [5, 5.41) is 0. The van der Waals surface area contributed by atoms with Crippen molar-refractivity contribution < 1.29 is 13.0 Å². The summed E-state index contributed by atoms with van der Waals surface area (Å²) >= 11 is 0. The van der Waals surface area contributed by atoms with Crippen molar-refractivity contribution in [3.63, 3.8) is 0 Å². The van der Waals surface area contributed by atoms with Crippen LogP contribution in [0.2, 0.25) is 0 Å². The lowest BCUT2D eigenvalue weighted by molar-refractivity contribution is 0.483. The minimum absolute atomic E-state index is 0.125. The average molecular weight is 210 g/mol. The minimum atomic E-state index is -4.12. The van der Waals surface area contributed by atoms with E-state index in [9.17, 15) is 8.42 Å². The van der Waals surface area contributed by atoms with E-state index >= 15 is 0 Å². The molecule has 0 aliphatic carbocycles. The first-order valence-corrected chi connectivity index (χ1v) is 5.54. The molecule has 0 spiro atoms. The van der Waals surface area contributed by atoms with Crippen molar-refractivity contribution in [1.29, 1.82) is 0 Å². The molecule has 3 nitrogen and oxygen atoms in total. The Labute approximate surface area is 83.5 Å². The molecule has 1 N–H and O–H groups in total. The summed E-state index contributed by atoms with van der Waals surface area (Å²) in [6.07, 6.45) is 0.704. The first kappa shape index (κ1) is 10.8. The zero-order valence-electron chi connectivity index (χ0n) is 7.69. The monoisotopic (exact) mass is 210 g/mol. The molecule has 0 atom stereocenters. The average Bonchev–Trinajstić information content (AvgIpc) is 2.14. The van der Waals surface area contributed by atoms with E-state index in [0.29, 0.717) is 12.0 Å². The van der Waals surface area contributed by atoms with Crippen molar-refractivity contribution in [1.82, 2.24) is 0 Å². The molecule has 0 aromatic heterocycles. The summed E-state index contributed by atoms with van der Waals surface area (Å²) in [6.45, 7) is 1.90. The van der Waals surface area contributed by atoms with Crippen LogP contribution in [0.15, 0.2) is 29.2 Å². The third-order valence-corrected chi connectivity index (χ3v) is 2.39. The summed E-state index contributed by atoms with van der Waals surface area (Å²) < 4.78 is 30.3. The predicted octanol–water partition coefficient (Wildman–Crippen LogP) is 1.69. The Kier molecular flexibility index (Phi) is 3.28. The third-order valence-electron chi connectivity index (χ3n) is 1.54. The highest BCUT2D eigenvalue weighted by Gasteiger charge is 2.08. The van der Waals surface area contributed by atoms with E-state index < -0.39 is 10.1 Å². The van der Waals surface area contributed by atoms with Crippen molar-refractivity contribution in [3.8, 4) is 11.8 Å². The molecule has 0 bridgehead atoms. The number of hydrogen-bond donors (Lipinski definition) is 1. The second kappa shape index (κ2) is 4.27. The highest BCUT2D eigenvalue weighted by atomic mass is 32.2. The molecular weight excluding hydrogens is 200 g/mol. The number of hydrogen-bond acceptors (Lipinski definition) is 2. The molecule has 74 valence electrons. The van der Waals surface area contributed by atoms with Gasteiger partial charge in [0.15, 0.2) is 0 Å². The summed E-state index contributed by atoms with van der Waals surface area (Å²) in [7, 11) is -4.12. The van der Waals surface area contributed by atoms with Gasteiger partial charge in [-0.2, -0.15) is 8.42 Å². The van der Waals surface area contributed by atoms with E-state index in [4.69, 9.17) is 4.55 Å². The van der Waals surface area contributed by atoms with Gasteiger partial charge in [-0.1, -0.05) is 24.8 Å². The Balaban J connectivity index is 3.14. The fourth-order valence-electron chi connectivity index (χ4n) is 0.925. The van der Waals surface area contributed by atoms with Crippen molar-refractivity contribution in [2.24, 2.45) is 0 Å². The second-order valence-corrected chi connectivity index (χ2v) is 4.08. The van der Waals surface area contributed by atoms with Gasteiger partial charge >= 0.3 is 0 Å². The molecule has 0 unspecified atom stereocenters. The standard InChI is InChI=1S/C10H10O3S/c1-2-3-5-9-6-4-7-10(8-9)14(11,12)13/h4,6-8H,2H2,1H3,(H,11,12,13). The first-order valence-electron chi connectivity index (χ1n) is 4.10. The van der Waals surface area contributed by atoms with Crippen LogP contribution in [-0.2, 0) is 10.1 Å². The summed E-state index contributed by atoms with van der Waals surface area (Å²) in [5.74, 6) is 5.60. The quantitative estimate of drug-likeness (QED) is 0.567. The van der Waals surface area contributed by atoms with E-state index in [1.807, 2.05) is 6.92 Å². The van der Waals surface area contributed by atoms with Gasteiger partial charge in [-0.25, -0.2) is 0 Å². The van der Waals surface area contributed by atoms with E-state index in [1.165, 1.54) is 12.1 Å². The van der Waals surface area contributed by atoms with Crippen LogP contribution in [0.4, 0.5) is 0 Å². The van der Waals surface area contributed by atoms with Gasteiger partial charge in [-0.15, -0.1) is 0 Å². The topological polar surface area (TPSA) is 54.4 Å².